The predicted octanol–water partition coefficient (Wildman–Crippen LogP) is 1.33. The maximum Gasteiger partial charge on any atom is 0.244 e. The van der Waals surface area contributed by atoms with Crippen molar-refractivity contribution in [2.24, 2.45) is 7.05 Å². The molecule has 0 unspecified atom stereocenters. The second kappa shape index (κ2) is 5.86. The first-order valence-corrected chi connectivity index (χ1v) is 5.92. The largest absolute Gasteiger partial charge is 0.399 e. The Kier molecular flexibility index (Phi) is 3.97. The van der Waals surface area contributed by atoms with Crippen LogP contribution in [0.2, 0.25) is 0 Å². The standard InChI is InChI=1S/C14H16N4O/c1-18-10-12(9-17-18)8-16-14(19)6-5-11-3-2-4-13(15)7-11/h2-7,9-10H,8,15H2,1H3,(H,16,19)/b6-5+. The van der Waals surface area contributed by atoms with Crippen LogP contribution in [0.1, 0.15) is 11.1 Å². The normalized spacial score (nSPS) is 10.8. The highest BCUT2D eigenvalue weighted by atomic mass is 16.1. The van der Waals surface area contributed by atoms with Crippen molar-refractivity contribution in [2.45, 2.75) is 6.54 Å². The molecule has 0 saturated carbocycles. The van der Waals surface area contributed by atoms with Gasteiger partial charge in [-0.1, -0.05) is 12.1 Å². The van der Waals surface area contributed by atoms with E-state index in [0.717, 1.165) is 11.1 Å². The van der Waals surface area contributed by atoms with Gasteiger partial charge in [0, 0.05) is 37.1 Å². The van der Waals surface area contributed by atoms with Gasteiger partial charge in [-0.15, -0.1) is 0 Å². The average molecular weight is 256 g/mol. The van der Waals surface area contributed by atoms with Crippen molar-refractivity contribution in [1.82, 2.24) is 15.1 Å². The number of hydrogen-bond acceptors (Lipinski definition) is 3. The molecule has 2 aromatic rings. The molecule has 0 radical (unpaired) electrons. The molecule has 0 fully saturated rings. The molecule has 19 heavy (non-hydrogen) atoms. The van der Waals surface area contributed by atoms with Crippen LogP contribution in [0.15, 0.2) is 42.7 Å². The second-order valence-electron chi connectivity index (χ2n) is 4.24. The number of hydrogen-bond donors (Lipinski definition) is 2. The molecule has 5 heteroatoms. The molecule has 0 aliphatic carbocycles. The number of amides is 1. The molecule has 1 heterocycles. The van der Waals surface area contributed by atoms with E-state index in [-0.39, 0.29) is 5.91 Å². The van der Waals surface area contributed by atoms with Crippen molar-refractivity contribution in [2.75, 3.05) is 5.73 Å². The zero-order chi connectivity index (χ0) is 13.7. The maximum atomic E-state index is 11.6. The van der Waals surface area contributed by atoms with Gasteiger partial charge in [-0.05, 0) is 23.8 Å². The summed E-state index contributed by atoms with van der Waals surface area (Å²) in [5, 5.41) is 6.82. The summed E-state index contributed by atoms with van der Waals surface area (Å²) < 4.78 is 1.70. The Bertz CT molecular complexity index is 601. The van der Waals surface area contributed by atoms with Crippen LogP contribution in [-0.4, -0.2) is 15.7 Å². The van der Waals surface area contributed by atoms with Crippen molar-refractivity contribution in [1.29, 1.82) is 0 Å². The Labute approximate surface area is 111 Å². The van der Waals surface area contributed by atoms with E-state index >= 15 is 0 Å². The molecule has 0 bridgehead atoms. The molecule has 0 saturated heterocycles. The lowest BCUT2D eigenvalue weighted by Crippen LogP contribution is -2.19. The first-order valence-electron chi connectivity index (χ1n) is 5.92. The van der Waals surface area contributed by atoms with E-state index in [4.69, 9.17) is 5.73 Å². The summed E-state index contributed by atoms with van der Waals surface area (Å²) in [6, 6.07) is 7.36. The quantitative estimate of drug-likeness (QED) is 0.640. The molecule has 5 nitrogen and oxygen atoms in total. The minimum absolute atomic E-state index is 0.147. The van der Waals surface area contributed by atoms with Gasteiger partial charge in [0.05, 0.1) is 6.20 Å². The Hall–Kier alpha value is -2.56. The highest BCUT2D eigenvalue weighted by molar-refractivity contribution is 5.91. The summed E-state index contributed by atoms with van der Waals surface area (Å²) in [6.07, 6.45) is 6.81. The number of aromatic nitrogens is 2. The SMILES string of the molecule is Cn1cc(CNC(=O)/C=C/c2cccc(N)c2)cn1. The lowest BCUT2D eigenvalue weighted by Gasteiger charge is -1.99. The summed E-state index contributed by atoms with van der Waals surface area (Å²) in [5.74, 6) is -0.147. The smallest absolute Gasteiger partial charge is 0.244 e. The van der Waals surface area contributed by atoms with Gasteiger partial charge in [0.15, 0.2) is 0 Å². The fraction of sp³-hybridized carbons (Fsp3) is 0.143. The molecule has 0 atom stereocenters. The van der Waals surface area contributed by atoms with E-state index in [9.17, 15) is 4.79 Å². The predicted molar refractivity (Wildman–Crippen MR) is 74.9 cm³/mol. The third-order valence-electron chi connectivity index (χ3n) is 2.56. The average Bonchev–Trinajstić information content (AvgIpc) is 2.80. The number of benzene rings is 1. The Balaban J connectivity index is 1.87. The third kappa shape index (κ3) is 3.99. The molecule has 98 valence electrons. The van der Waals surface area contributed by atoms with E-state index < -0.39 is 0 Å². The van der Waals surface area contributed by atoms with Crippen LogP contribution in [0.3, 0.4) is 0 Å². The number of rotatable bonds is 4. The van der Waals surface area contributed by atoms with Gasteiger partial charge in [0.1, 0.15) is 0 Å². The van der Waals surface area contributed by atoms with E-state index in [2.05, 4.69) is 10.4 Å². The van der Waals surface area contributed by atoms with Crippen LogP contribution in [0.25, 0.3) is 6.08 Å². The molecular formula is C14H16N4O. The van der Waals surface area contributed by atoms with Gasteiger partial charge < -0.3 is 11.1 Å². The first-order chi connectivity index (χ1) is 9.13. The topological polar surface area (TPSA) is 72.9 Å². The number of aryl methyl sites for hydroxylation is 1. The van der Waals surface area contributed by atoms with E-state index in [1.165, 1.54) is 6.08 Å². The maximum absolute atomic E-state index is 11.6. The number of carbonyl (C=O) groups is 1. The van der Waals surface area contributed by atoms with E-state index in [1.807, 2.05) is 31.4 Å². The minimum Gasteiger partial charge on any atom is -0.399 e. The number of anilines is 1. The molecule has 1 aromatic carbocycles. The number of nitrogens with zero attached hydrogens (tertiary/aromatic N) is 2. The number of carbonyl (C=O) groups excluding carboxylic acids is 1. The Morgan fingerprint density at radius 2 is 2.37 bits per heavy atom. The highest BCUT2D eigenvalue weighted by Crippen LogP contribution is 2.07. The van der Waals surface area contributed by atoms with Gasteiger partial charge >= 0.3 is 0 Å². The fourth-order valence-corrected chi connectivity index (χ4v) is 1.65. The highest BCUT2D eigenvalue weighted by Gasteiger charge is 1.98. The third-order valence-corrected chi connectivity index (χ3v) is 2.56. The molecule has 1 amide bonds. The van der Waals surface area contributed by atoms with Crippen LogP contribution < -0.4 is 11.1 Å². The van der Waals surface area contributed by atoms with Crippen LogP contribution in [0, 0.1) is 0 Å². The molecular weight excluding hydrogens is 240 g/mol. The van der Waals surface area contributed by atoms with Crippen LogP contribution in [0.5, 0.6) is 0 Å². The van der Waals surface area contributed by atoms with Crippen LogP contribution in [0.4, 0.5) is 5.69 Å². The molecule has 0 spiro atoms. The van der Waals surface area contributed by atoms with E-state index in [0.29, 0.717) is 12.2 Å². The lowest BCUT2D eigenvalue weighted by molar-refractivity contribution is -0.116. The van der Waals surface area contributed by atoms with Gasteiger partial charge in [0.25, 0.3) is 0 Å². The van der Waals surface area contributed by atoms with Crippen molar-refractivity contribution < 1.29 is 4.79 Å². The summed E-state index contributed by atoms with van der Waals surface area (Å²) in [5.41, 5.74) is 8.20. The molecule has 1 aromatic heterocycles. The van der Waals surface area contributed by atoms with Gasteiger partial charge in [-0.3, -0.25) is 9.48 Å². The van der Waals surface area contributed by atoms with Crippen LogP contribution >= 0.6 is 0 Å². The fourth-order valence-electron chi connectivity index (χ4n) is 1.65. The lowest BCUT2D eigenvalue weighted by atomic mass is 10.2. The summed E-state index contributed by atoms with van der Waals surface area (Å²) in [7, 11) is 1.84. The van der Waals surface area contributed by atoms with Crippen molar-refractivity contribution >= 4 is 17.7 Å². The molecule has 3 N–H and O–H groups in total. The minimum atomic E-state index is -0.147. The van der Waals surface area contributed by atoms with Gasteiger partial charge in [0.2, 0.25) is 5.91 Å². The molecule has 0 aliphatic heterocycles. The van der Waals surface area contributed by atoms with Gasteiger partial charge in [-0.2, -0.15) is 5.10 Å². The monoisotopic (exact) mass is 256 g/mol. The Morgan fingerprint density at radius 3 is 3.05 bits per heavy atom. The summed E-state index contributed by atoms with van der Waals surface area (Å²) in [4.78, 5) is 11.6. The zero-order valence-corrected chi connectivity index (χ0v) is 10.7. The number of nitrogens with one attached hydrogen (secondary N) is 1. The van der Waals surface area contributed by atoms with Crippen molar-refractivity contribution in [3.63, 3.8) is 0 Å². The summed E-state index contributed by atoms with van der Waals surface area (Å²) >= 11 is 0. The van der Waals surface area contributed by atoms with Crippen molar-refractivity contribution in [3.05, 3.63) is 53.9 Å². The van der Waals surface area contributed by atoms with E-state index in [1.54, 1.807) is 23.0 Å². The van der Waals surface area contributed by atoms with Crippen LogP contribution in [-0.2, 0) is 18.4 Å². The molecule has 0 aliphatic rings. The second-order valence-corrected chi connectivity index (χ2v) is 4.24. The zero-order valence-electron chi connectivity index (χ0n) is 10.7. The Morgan fingerprint density at radius 1 is 1.53 bits per heavy atom. The molecule has 2 rings (SSSR count). The summed E-state index contributed by atoms with van der Waals surface area (Å²) in [6.45, 7) is 0.466. The number of nitrogen functional groups attached to an aromatic ring is 1. The first kappa shape index (κ1) is 12.9. The number of nitrogens with two attached hydrogens (primary N) is 1. The van der Waals surface area contributed by atoms with Gasteiger partial charge in [-0.25, -0.2) is 0 Å². The van der Waals surface area contributed by atoms with Crippen molar-refractivity contribution in [3.8, 4) is 0 Å².